The van der Waals surface area contributed by atoms with E-state index in [4.69, 9.17) is 4.98 Å². The van der Waals surface area contributed by atoms with Gasteiger partial charge >= 0.3 is 0 Å². The smallest absolute Gasteiger partial charge is 0.181 e. The Morgan fingerprint density at radius 1 is 0.895 bits per heavy atom. The van der Waals surface area contributed by atoms with E-state index in [2.05, 4.69) is 53.6 Å². The van der Waals surface area contributed by atoms with Gasteiger partial charge in [-0.25, -0.2) is 9.97 Å². The summed E-state index contributed by atoms with van der Waals surface area (Å²) in [6.07, 6.45) is 8.82. The van der Waals surface area contributed by atoms with Gasteiger partial charge in [0.2, 0.25) is 0 Å². The molecule has 0 bridgehead atoms. The van der Waals surface area contributed by atoms with E-state index < -0.39 is 0 Å². The third kappa shape index (κ3) is 4.06. The first-order valence-electron chi connectivity index (χ1n) is 11.9. The molecular weight excluding hydrogens is 499 g/mol. The highest BCUT2D eigenvalue weighted by molar-refractivity contribution is 7.14. The van der Waals surface area contributed by atoms with E-state index in [1.165, 1.54) is 11.6 Å². The lowest BCUT2D eigenvalue weighted by Gasteiger charge is -2.08. The molecule has 0 fully saturated rings. The van der Waals surface area contributed by atoms with Crippen molar-refractivity contribution >= 4 is 39.1 Å². The molecule has 6 aromatic heterocycles. The number of aromatic amines is 2. The van der Waals surface area contributed by atoms with Gasteiger partial charge in [-0.05, 0) is 29.8 Å². The third-order valence-electron chi connectivity index (χ3n) is 6.29. The van der Waals surface area contributed by atoms with Crippen molar-refractivity contribution in [1.29, 1.82) is 0 Å². The van der Waals surface area contributed by atoms with Gasteiger partial charge in [-0.1, -0.05) is 30.3 Å². The average Bonchev–Trinajstić information content (AvgIpc) is 3.70. The van der Waals surface area contributed by atoms with Gasteiger partial charge in [-0.3, -0.25) is 15.1 Å². The molecule has 7 aromatic rings. The fraction of sp³-hybridized carbons (Fsp3) is 0.0357. The van der Waals surface area contributed by atoms with Crippen LogP contribution in [0.4, 0.5) is 10.1 Å². The molecule has 1 aromatic carbocycles. The Labute approximate surface area is 219 Å². The number of fused-ring (bicyclic) bond motifs is 2. The van der Waals surface area contributed by atoms with Crippen LogP contribution in [0.2, 0.25) is 0 Å². The zero-order chi connectivity index (χ0) is 25.5. The lowest BCUT2D eigenvalue weighted by molar-refractivity contribution is 0.657. The molecule has 0 aliphatic rings. The number of rotatable bonds is 6. The molecule has 0 atom stereocenters. The molecule has 0 amide bonds. The topological polar surface area (TPSA) is 108 Å². The molecule has 10 heteroatoms. The number of nitrogens with zero attached hydrogens (tertiary/aromatic N) is 5. The van der Waals surface area contributed by atoms with E-state index in [1.54, 1.807) is 30.9 Å². The monoisotopic (exact) mass is 518 g/mol. The minimum Gasteiger partial charge on any atom is -0.380 e. The summed E-state index contributed by atoms with van der Waals surface area (Å²) in [6.45, 7) is 0.705. The van der Waals surface area contributed by atoms with Gasteiger partial charge in [0.05, 0.1) is 22.8 Å². The lowest BCUT2D eigenvalue weighted by Crippen LogP contribution is -1.99. The Balaban J connectivity index is 1.24. The van der Waals surface area contributed by atoms with Crippen LogP contribution in [0.3, 0.4) is 0 Å². The van der Waals surface area contributed by atoms with Crippen LogP contribution in [0, 0.1) is 5.13 Å². The van der Waals surface area contributed by atoms with E-state index in [0.29, 0.717) is 29.2 Å². The molecule has 7 rings (SSSR count). The highest BCUT2D eigenvalue weighted by Crippen LogP contribution is 2.34. The molecule has 0 saturated carbocycles. The number of hydrogen-bond acceptors (Lipinski definition) is 7. The van der Waals surface area contributed by atoms with Crippen LogP contribution in [0.15, 0.2) is 85.6 Å². The number of hydrogen-bond donors (Lipinski definition) is 3. The maximum absolute atomic E-state index is 13.7. The molecule has 38 heavy (non-hydrogen) atoms. The summed E-state index contributed by atoms with van der Waals surface area (Å²) < 4.78 is 13.7. The van der Waals surface area contributed by atoms with E-state index in [0.717, 1.165) is 49.5 Å². The van der Waals surface area contributed by atoms with Crippen LogP contribution in [0.25, 0.3) is 55.2 Å². The molecular formula is C28H19FN8S. The Morgan fingerprint density at radius 3 is 2.63 bits per heavy atom. The molecule has 3 N–H and O–H groups in total. The second kappa shape index (κ2) is 9.16. The molecule has 8 nitrogen and oxygen atoms in total. The Kier molecular flexibility index (Phi) is 5.37. The minimum absolute atomic E-state index is 0.250. The fourth-order valence-corrected chi connectivity index (χ4v) is 5.16. The first-order chi connectivity index (χ1) is 18.7. The van der Waals surface area contributed by atoms with E-state index >= 15 is 0 Å². The number of halogens is 1. The van der Waals surface area contributed by atoms with Crippen molar-refractivity contribution in [3.8, 4) is 33.1 Å². The van der Waals surface area contributed by atoms with Crippen molar-refractivity contribution in [2.24, 2.45) is 0 Å². The van der Waals surface area contributed by atoms with Gasteiger partial charge in [0.1, 0.15) is 11.2 Å². The summed E-state index contributed by atoms with van der Waals surface area (Å²) >= 11 is 1.07. The van der Waals surface area contributed by atoms with Gasteiger partial charge in [-0.15, -0.1) is 11.3 Å². The second-order valence-corrected chi connectivity index (χ2v) is 9.80. The number of anilines is 1. The number of nitrogens with one attached hydrogen (secondary N) is 3. The Bertz CT molecular complexity index is 1910. The Morgan fingerprint density at radius 2 is 1.76 bits per heavy atom. The summed E-state index contributed by atoms with van der Waals surface area (Å²) in [5, 5.41) is 11.4. The van der Waals surface area contributed by atoms with E-state index in [-0.39, 0.29) is 5.13 Å². The molecule has 6 heterocycles. The zero-order valence-electron chi connectivity index (χ0n) is 19.8. The summed E-state index contributed by atoms with van der Waals surface area (Å²) in [5.41, 5.74) is 7.47. The van der Waals surface area contributed by atoms with Gasteiger partial charge in [0.15, 0.2) is 16.6 Å². The molecule has 0 unspecified atom stereocenters. The van der Waals surface area contributed by atoms with Crippen LogP contribution in [0.5, 0.6) is 0 Å². The minimum atomic E-state index is -0.250. The first-order valence-corrected chi connectivity index (χ1v) is 12.7. The summed E-state index contributed by atoms with van der Waals surface area (Å²) in [5.74, 6) is 0.601. The van der Waals surface area contributed by atoms with Crippen molar-refractivity contribution < 1.29 is 4.39 Å². The number of pyridine rings is 3. The number of thiophene rings is 1. The van der Waals surface area contributed by atoms with Crippen LogP contribution in [0.1, 0.15) is 5.56 Å². The molecule has 0 aliphatic carbocycles. The largest absolute Gasteiger partial charge is 0.380 e. The van der Waals surface area contributed by atoms with Gasteiger partial charge < -0.3 is 10.3 Å². The first kappa shape index (κ1) is 22.3. The molecule has 0 aliphatic heterocycles. The summed E-state index contributed by atoms with van der Waals surface area (Å²) in [7, 11) is 0. The van der Waals surface area contributed by atoms with Crippen LogP contribution in [-0.2, 0) is 6.54 Å². The predicted molar refractivity (Wildman–Crippen MR) is 147 cm³/mol. The maximum atomic E-state index is 13.7. The molecule has 0 radical (unpaired) electrons. The standard InChI is InChI=1S/C28H19FN8S/c29-24-7-6-23(38-24)21-14-31-15-22-25(21)35-28(34-22)26-20-9-18(12-33-27(20)37-36-26)17-8-19(13-30-11-17)32-10-16-4-2-1-3-5-16/h1-9,11-15,32H,10H2,(H,34,35)(H,33,36,37). The van der Waals surface area contributed by atoms with Crippen molar-refractivity contribution in [3.63, 3.8) is 0 Å². The summed E-state index contributed by atoms with van der Waals surface area (Å²) in [4.78, 5) is 22.2. The molecule has 0 spiro atoms. The van der Waals surface area contributed by atoms with Gasteiger partial charge in [0.25, 0.3) is 0 Å². The van der Waals surface area contributed by atoms with E-state index in [9.17, 15) is 4.39 Å². The SMILES string of the molecule is Fc1ccc(-c2cncc3[nH]c(-c4[nH]nc5ncc(-c6cncc(NCc7ccccc7)c6)cc45)nc23)s1. The lowest BCUT2D eigenvalue weighted by atomic mass is 10.1. The third-order valence-corrected chi connectivity index (χ3v) is 7.20. The predicted octanol–water partition coefficient (Wildman–Crippen LogP) is 6.44. The quantitative estimate of drug-likeness (QED) is 0.234. The van der Waals surface area contributed by atoms with Crippen LogP contribution < -0.4 is 5.32 Å². The highest BCUT2D eigenvalue weighted by atomic mass is 32.1. The number of aromatic nitrogens is 7. The Hall–Kier alpha value is -4.96. The van der Waals surface area contributed by atoms with Crippen molar-refractivity contribution in [2.75, 3.05) is 5.32 Å². The van der Waals surface area contributed by atoms with Gasteiger partial charge in [-0.2, -0.15) is 9.49 Å². The molecule has 184 valence electrons. The van der Waals surface area contributed by atoms with Crippen molar-refractivity contribution in [1.82, 2.24) is 35.1 Å². The van der Waals surface area contributed by atoms with Gasteiger partial charge in [0, 0.05) is 52.9 Å². The molecule has 0 saturated heterocycles. The zero-order valence-corrected chi connectivity index (χ0v) is 20.6. The van der Waals surface area contributed by atoms with Crippen LogP contribution in [-0.4, -0.2) is 35.1 Å². The number of benzene rings is 1. The van der Waals surface area contributed by atoms with Crippen LogP contribution >= 0.6 is 11.3 Å². The summed E-state index contributed by atoms with van der Waals surface area (Å²) in [6, 6.07) is 17.5. The maximum Gasteiger partial charge on any atom is 0.181 e. The van der Waals surface area contributed by atoms with Crippen molar-refractivity contribution in [2.45, 2.75) is 6.54 Å². The van der Waals surface area contributed by atoms with E-state index in [1.807, 2.05) is 30.5 Å². The highest BCUT2D eigenvalue weighted by Gasteiger charge is 2.17. The van der Waals surface area contributed by atoms with Crippen molar-refractivity contribution in [3.05, 3.63) is 96.3 Å². The number of imidazole rings is 1. The number of H-pyrrole nitrogens is 2. The second-order valence-electron chi connectivity index (χ2n) is 8.77. The normalized spacial score (nSPS) is 11.4. The fourth-order valence-electron chi connectivity index (χ4n) is 4.42. The average molecular weight is 519 g/mol.